The molecule has 0 aliphatic rings. The summed E-state index contributed by atoms with van der Waals surface area (Å²) in [6, 6.07) is 5.47. The Morgan fingerprint density at radius 1 is 1.57 bits per heavy atom. The molecule has 0 spiro atoms. The van der Waals surface area contributed by atoms with E-state index in [0.717, 1.165) is 17.3 Å². The van der Waals surface area contributed by atoms with Crippen LogP contribution in [0.3, 0.4) is 0 Å². The highest BCUT2D eigenvalue weighted by Crippen LogP contribution is 2.24. The zero-order valence-corrected chi connectivity index (χ0v) is 8.38. The topological polar surface area (TPSA) is 49.3 Å². The molecule has 2 N–H and O–H groups in total. The van der Waals surface area contributed by atoms with Crippen LogP contribution in [0, 0.1) is 6.92 Å². The highest BCUT2D eigenvalue weighted by Gasteiger charge is 2.00. The SMILES string of the molecule is Cc1cccc(Cl)c1N/C=C/C(=O)O. The fourth-order valence-electron chi connectivity index (χ4n) is 1.01. The number of para-hydroxylation sites is 1. The third-order valence-electron chi connectivity index (χ3n) is 1.68. The number of aryl methyl sites for hydroxylation is 1. The minimum atomic E-state index is -0.998. The van der Waals surface area contributed by atoms with Crippen molar-refractivity contribution in [2.45, 2.75) is 6.92 Å². The van der Waals surface area contributed by atoms with Gasteiger partial charge in [-0.1, -0.05) is 23.7 Å². The van der Waals surface area contributed by atoms with Crippen LogP contribution >= 0.6 is 11.6 Å². The van der Waals surface area contributed by atoms with Crippen molar-refractivity contribution in [2.75, 3.05) is 5.32 Å². The van der Waals surface area contributed by atoms with Gasteiger partial charge in [0.05, 0.1) is 10.7 Å². The molecule has 0 heterocycles. The van der Waals surface area contributed by atoms with Crippen molar-refractivity contribution < 1.29 is 9.90 Å². The summed E-state index contributed by atoms with van der Waals surface area (Å²) in [4.78, 5) is 10.2. The summed E-state index contributed by atoms with van der Waals surface area (Å²) in [6.07, 6.45) is 2.36. The molecule has 1 aromatic rings. The zero-order chi connectivity index (χ0) is 10.6. The van der Waals surface area contributed by atoms with E-state index < -0.39 is 5.97 Å². The second-order valence-corrected chi connectivity index (χ2v) is 3.15. The smallest absolute Gasteiger partial charge is 0.329 e. The van der Waals surface area contributed by atoms with Gasteiger partial charge in [-0.05, 0) is 18.6 Å². The predicted octanol–water partition coefficient (Wildman–Crippen LogP) is 2.66. The number of carbonyl (C=O) groups is 1. The molecule has 0 atom stereocenters. The number of anilines is 1. The Morgan fingerprint density at radius 3 is 2.86 bits per heavy atom. The minimum Gasteiger partial charge on any atom is -0.478 e. The van der Waals surface area contributed by atoms with E-state index in [2.05, 4.69) is 5.32 Å². The fraction of sp³-hybridized carbons (Fsp3) is 0.100. The minimum absolute atomic E-state index is 0.569. The maximum absolute atomic E-state index is 10.2. The van der Waals surface area contributed by atoms with E-state index in [0.29, 0.717) is 5.02 Å². The Labute approximate surface area is 87.0 Å². The molecule has 74 valence electrons. The van der Waals surface area contributed by atoms with Crippen LogP contribution in [0.5, 0.6) is 0 Å². The van der Waals surface area contributed by atoms with E-state index >= 15 is 0 Å². The van der Waals surface area contributed by atoms with Gasteiger partial charge in [0, 0.05) is 12.3 Å². The largest absolute Gasteiger partial charge is 0.478 e. The van der Waals surface area contributed by atoms with E-state index in [4.69, 9.17) is 16.7 Å². The summed E-state index contributed by atoms with van der Waals surface area (Å²) in [6.45, 7) is 1.89. The first kappa shape index (κ1) is 10.6. The summed E-state index contributed by atoms with van der Waals surface area (Å²) < 4.78 is 0. The van der Waals surface area contributed by atoms with Crippen LogP contribution in [-0.4, -0.2) is 11.1 Å². The van der Waals surface area contributed by atoms with E-state index in [1.165, 1.54) is 6.20 Å². The molecule has 0 amide bonds. The molecule has 3 nitrogen and oxygen atoms in total. The van der Waals surface area contributed by atoms with Crippen molar-refractivity contribution in [2.24, 2.45) is 0 Å². The van der Waals surface area contributed by atoms with Crippen LogP contribution in [-0.2, 0) is 4.79 Å². The molecular weight excluding hydrogens is 202 g/mol. The van der Waals surface area contributed by atoms with Crippen LogP contribution in [0.2, 0.25) is 5.02 Å². The van der Waals surface area contributed by atoms with Gasteiger partial charge in [-0.25, -0.2) is 4.79 Å². The van der Waals surface area contributed by atoms with Crippen molar-refractivity contribution in [3.8, 4) is 0 Å². The van der Waals surface area contributed by atoms with Gasteiger partial charge in [0.25, 0.3) is 0 Å². The monoisotopic (exact) mass is 211 g/mol. The normalized spacial score (nSPS) is 10.4. The standard InChI is InChI=1S/C10H10ClNO2/c1-7-3-2-4-8(11)10(7)12-6-5-9(13)14/h2-6,12H,1H3,(H,13,14)/b6-5+. The molecule has 0 bridgehead atoms. The molecule has 0 aliphatic carbocycles. The van der Waals surface area contributed by atoms with Crippen molar-refractivity contribution in [1.29, 1.82) is 0 Å². The Hall–Kier alpha value is -1.48. The number of rotatable bonds is 3. The number of hydrogen-bond donors (Lipinski definition) is 2. The Morgan fingerprint density at radius 2 is 2.29 bits per heavy atom. The first-order chi connectivity index (χ1) is 6.61. The average molecular weight is 212 g/mol. The van der Waals surface area contributed by atoms with Crippen LogP contribution in [0.25, 0.3) is 0 Å². The molecule has 0 radical (unpaired) electrons. The lowest BCUT2D eigenvalue weighted by molar-refractivity contribution is -0.131. The van der Waals surface area contributed by atoms with Crippen LogP contribution < -0.4 is 5.32 Å². The molecule has 1 aromatic carbocycles. The number of halogens is 1. The first-order valence-corrected chi connectivity index (χ1v) is 4.40. The highest BCUT2D eigenvalue weighted by atomic mass is 35.5. The zero-order valence-electron chi connectivity index (χ0n) is 7.62. The van der Waals surface area contributed by atoms with Gasteiger partial charge in [0.1, 0.15) is 0 Å². The van der Waals surface area contributed by atoms with Gasteiger partial charge in [-0.2, -0.15) is 0 Å². The molecule has 0 saturated heterocycles. The summed E-state index contributed by atoms with van der Waals surface area (Å²) in [5, 5.41) is 11.8. The van der Waals surface area contributed by atoms with Crippen molar-refractivity contribution in [3.05, 3.63) is 41.1 Å². The van der Waals surface area contributed by atoms with E-state index in [9.17, 15) is 4.79 Å². The average Bonchev–Trinajstić information content (AvgIpc) is 2.09. The van der Waals surface area contributed by atoms with Crippen LogP contribution in [0.1, 0.15) is 5.56 Å². The van der Waals surface area contributed by atoms with E-state index in [-0.39, 0.29) is 0 Å². The number of carboxylic acids is 1. The van der Waals surface area contributed by atoms with Crippen LogP contribution in [0.4, 0.5) is 5.69 Å². The maximum atomic E-state index is 10.2. The Balaban J connectivity index is 2.81. The summed E-state index contributed by atoms with van der Waals surface area (Å²) in [5.74, 6) is -0.998. The van der Waals surface area contributed by atoms with Crippen LogP contribution in [0.15, 0.2) is 30.5 Å². The lowest BCUT2D eigenvalue weighted by atomic mass is 10.2. The molecule has 4 heteroatoms. The number of aliphatic carboxylic acids is 1. The molecule has 0 aliphatic heterocycles. The van der Waals surface area contributed by atoms with Crippen molar-refractivity contribution in [3.63, 3.8) is 0 Å². The Bertz CT molecular complexity index is 354. The van der Waals surface area contributed by atoms with Gasteiger partial charge >= 0.3 is 5.97 Å². The highest BCUT2D eigenvalue weighted by molar-refractivity contribution is 6.33. The predicted molar refractivity (Wildman–Crippen MR) is 56.6 cm³/mol. The summed E-state index contributed by atoms with van der Waals surface area (Å²) in [7, 11) is 0. The third kappa shape index (κ3) is 2.78. The van der Waals surface area contributed by atoms with Crippen molar-refractivity contribution in [1.82, 2.24) is 0 Å². The number of hydrogen-bond acceptors (Lipinski definition) is 2. The first-order valence-electron chi connectivity index (χ1n) is 4.02. The molecule has 1 rings (SSSR count). The van der Waals surface area contributed by atoms with E-state index in [1.54, 1.807) is 6.07 Å². The fourth-order valence-corrected chi connectivity index (χ4v) is 1.29. The maximum Gasteiger partial charge on any atom is 0.329 e. The number of nitrogens with one attached hydrogen (secondary N) is 1. The lowest BCUT2D eigenvalue weighted by Crippen LogP contribution is -1.94. The third-order valence-corrected chi connectivity index (χ3v) is 1.99. The summed E-state index contributed by atoms with van der Waals surface area (Å²) in [5.41, 5.74) is 1.69. The molecule has 0 unspecified atom stereocenters. The van der Waals surface area contributed by atoms with Gasteiger partial charge in [-0.3, -0.25) is 0 Å². The molecule has 14 heavy (non-hydrogen) atoms. The summed E-state index contributed by atoms with van der Waals surface area (Å²) >= 11 is 5.90. The quantitative estimate of drug-likeness (QED) is 0.756. The number of benzene rings is 1. The molecular formula is C10H10ClNO2. The lowest BCUT2D eigenvalue weighted by Gasteiger charge is -2.06. The second kappa shape index (κ2) is 4.67. The number of carboxylic acid groups (broad SMARTS) is 1. The molecule has 0 saturated carbocycles. The van der Waals surface area contributed by atoms with Gasteiger partial charge < -0.3 is 10.4 Å². The van der Waals surface area contributed by atoms with Gasteiger partial charge in [-0.15, -0.1) is 0 Å². The second-order valence-electron chi connectivity index (χ2n) is 2.75. The van der Waals surface area contributed by atoms with E-state index in [1.807, 2.05) is 19.1 Å². The van der Waals surface area contributed by atoms with Gasteiger partial charge in [0.2, 0.25) is 0 Å². The van der Waals surface area contributed by atoms with Crippen molar-refractivity contribution >= 4 is 23.3 Å². The molecule has 0 fully saturated rings. The molecule has 0 aromatic heterocycles. The Kier molecular flexibility index (Phi) is 3.54. The van der Waals surface area contributed by atoms with Gasteiger partial charge in [0.15, 0.2) is 0 Å².